The third-order valence-electron chi connectivity index (χ3n) is 3.79. The average Bonchev–Trinajstić information content (AvgIpc) is 2.46. The van der Waals surface area contributed by atoms with Crippen molar-refractivity contribution in [2.45, 2.75) is 32.4 Å². The van der Waals surface area contributed by atoms with E-state index in [4.69, 9.17) is 5.26 Å². The molecule has 0 spiro atoms. The summed E-state index contributed by atoms with van der Waals surface area (Å²) in [7, 11) is 0. The molecule has 0 aliphatic carbocycles. The number of halogens is 2. The number of rotatable bonds is 4. The average molecular weight is 279 g/mol. The van der Waals surface area contributed by atoms with Crippen LogP contribution < -0.4 is 5.32 Å². The van der Waals surface area contributed by atoms with Crippen molar-refractivity contribution >= 4 is 0 Å². The maximum Gasteiger partial charge on any atom is 0.131 e. The topological polar surface area (TPSA) is 39.1 Å². The first-order chi connectivity index (χ1) is 9.63. The molecule has 1 unspecified atom stereocenters. The normalized spacial score (nSPS) is 19.8. The van der Waals surface area contributed by atoms with Gasteiger partial charge in [0, 0.05) is 24.7 Å². The number of benzene rings is 1. The van der Waals surface area contributed by atoms with Crippen molar-refractivity contribution in [2.24, 2.45) is 0 Å². The predicted molar refractivity (Wildman–Crippen MR) is 73.0 cm³/mol. The van der Waals surface area contributed by atoms with E-state index in [1.54, 1.807) is 6.07 Å². The zero-order chi connectivity index (χ0) is 14.5. The second-order valence-corrected chi connectivity index (χ2v) is 5.14. The van der Waals surface area contributed by atoms with Gasteiger partial charge in [0.15, 0.2) is 0 Å². The van der Waals surface area contributed by atoms with Crippen LogP contribution in [0.15, 0.2) is 12.1 Å². The molecule has 5 heteroatoms. The predicted octanol–water partition coefficient (Wildman–Crippen LogP) is 2.41. The zero-order valence-corrected chi connectivity index (χ0v) is 11.6. The molecule has 1 saturated heterocycles. The number of hydrogen-bond acceptors (Lipinski definition) is 3. The van der Waals surface area contributed by atoms with Crippen molar-refractivity contribution in [3.8, 4) is 6.07 Å². The molecule has 0 saturated carbocycles. The molecule has 1 aromatic rings. The highest BCUT2D eigenvalue weighted by Gasteiger charge is 2.19. The molecular formula is C15H19F2N3. The van der Waals surface area contributed by atoms with E-state index in [9.17, 15) is 8.78 Å². The number of nitriles is 1. The number of nitrogens with zero attached hydrogens (tertiary/aromatic N) is 2. The molecule has 1 N–H and O–H groups in total. The summed E-state index contributed by atoms with van der Waals surface area (Å²) in [5.74, 6) is -1.31. The van der Waals surface area contributed by atoms with Crippen molar-refractivity contribution in [1.82, 2.24) is 10.2 Å². The van der Waals surface area contributed by atoms with E-state index in [-0.39, 0.29) is 23.7 Å². The van der Waals surface area contributed by atoms with Crippen molar-refractivity contribution in [2.75, 3.05) is 19.6 Å². The fraction of sp³-hybridized carbons (Fsp3) is 0.533. The van der Waals surface area contributed by atoms with Gasteiger partial charge in [-0.05, 0) is 38.1 Å². The fourth-order valence-corrected chi connectivity index (χ4v) is 2.59. The van der Waals surface area contributed by atoms with Gasteiger partial charge in [0.1, 0.15) is 11.6 Å². The van der Waals surface area contributed by atoms with Crippen molar-refractivity contribution < 1.29 is 8.78 Å². The highest BCUT2D eigenvalue weighted by molar-refractivity contribution is 5.34. The van der Waals surface area contributed by atoms with Gasteiger partial charge < -0.3 is 10.2 Å². The molecule has 1 aliphatic heterocycles. The smallest absolute Gasteiger partial charge is 0.131 e. The minimum atomic E-state index is -0.655. The molecule has 1 fully saturated rings. The Bertz CT molecular complexity index is 487. The summed E-state index contributed by atoms with van der Waals surface area (Å²) in [5.41, 5.74) is 0.0243. The third kappa shape index (κ3) is 3.53. The van der Waals surface area contributed by atoms with Crippen LogP contribution in [-0.2, 0) is 6.54 Å². The molecular weight excluding hydrogens is 260 g/mol. The van der Waals surface area contributed by atoms with Crippen LogP contribution in [0.3, 0.4) is 0 Å². The molecule has 1 atom stereocenters. The Morgan fingerprint density at radius 1 is 1.40 bits per heavy atom. The first-order valence-corrected chi connectivity index (χ1v) is 6.97. The van der Waals surface area contributed by atoms with Gasteiger partial charge >= 0.3 is 0 Å². The van der Waals surface area contributed by atoms with Gasteiger partial charge in [-0.25, -0.2) is 8.78 Å². The molecule has 1 aliphatic rings. The fourth-order valence-electron chi connectivity index (χ4n) is 2.59. The van der Waals surface area contributed by atoms with E-state index in [1.165, 1.54) is 0 Å². The molecule has 1 aromatic carbocycles. The second-order valence-electron chi connectivity index (χ2n) is 5.14. The Hall–Kier alpha value is -1.51. The van der Waals surface area contributed by atoms with E-state index >= 15 is 0 Å². The standard InChI is InChI=1S/C15H19F2N3/c1-2-20-5-3-4-12(10-20)19-9-13-14(16)6-11(8-18)7-15(13)17/h6-7,12,19H,2-5,9-10H2,1H3. The first kappa shape index (κ1) is 14.9. The first-order valence-electron chi connectivity index (χ1n) is 6.97. The molecule has 0 amide bonds. The molecule has 2 rings (SSSR count). The molecule has 20 heavy (non-hydrogen) atoms. The Morgan fingerprint density at radius 2 is 2.10 bits per heavy atom. The van der Waals surface area contributed by atoms with Gasteiger partial charge in [-0.15, -0.1) is 0 Å². The van der Waals surface area contributed by atoms with Gasteiger partial charge in [0.25, 0.3) is 0 Å². The number of piperidine rings is 1. The highest BCUT2D eigenvalue weighted by Crippen LogP contribution is 2.16. The van der Waals surface area contributed by atoms with Crippen LogP contribution in [0.2, 0.25) is 0 Å². The quantitative estimate of drug-likeness (QED) is 0.920. The van der Waals surface area contributed by atoms with Crippen LogP contribution in [0.1, 0.15) is 30.9 Å². The molecule has 3 nitrogen and oxygen atoms in total. The van der Waals surface area contributed by atoms with Crippen LogP contribution in [0.5, 0.6) is 0 Å². The molecule has 108 valence electrons. The summed E-state index contributed by atoms with van der Waals surface area (Å²) in [6.07, 6.45) is 2.12. The van der Waals surface area contributed by atoms with E-state index in [0.29, 0.717) is 0 Å². The van der Waals surface area contributed by atoms with Crippen LogP contribution in [0.25, 0.3) is 0 Å². The third-order valence-corrected chi connectivity index (χ3v) is 3.79. The van der Waals surface area contributed by atoms with E-state index in [0.717, 1.165) is 44.6 Å². The molecule has 0 radical (unpaired) electrons. The van der Waals surface area contributed by atoms with Gasteiger partial charge in [-0.3, -0.25) is 0 Å². The van der Waals surface area contributed by atoms with E-state index in [1.807, 2.05) is 0 Å². The minimum absolute atomic E-state index is 0.0117. The van der Waals surface area contributed by atoms with Gasteiger partial charge in [0.05, 0.1) is 11.6 Å². The maximum absolute atomic E-state index is 13.8. The Balaban J connectivity index is 1.99. The minimum Gasteiger partial charge on any atom is -0.308 e. The lowest BCUT2D eigenvalue weighted by Crippen LogP contribution is -2.45. The Labute approximate surface area is 118 Å². The number of likely N-dealkylation sites (tertiary alicyclic amines) is 1. The highest BCUT2D eigenvalue weighted by atomic mass is 19.1. The zero-order valence-electron chi connectivity index (χ0n) is 11.6. The van der Waals surface area contributed by atoms with Crippen LogP contribution in [0, 0.1) is 23.0 Å². The summed E-state index contributed by atoms with van der Waals surface area (Å²) in [6.45, 7) is 5.27. The van der Waals surface area contributed by atoms with E-state index < -0.39 is 11.6 Å². The summed E-state index contributed by atoms with van der Waals surface area (Å²) < 4.78 is 27.5. The second kappa shape index (κ2) is 6.78. The monoisotopic (exact) mass is 279 g/mol. The van der Waals surface area contributed by atoms with Crippen molar-refractivity contribution in [3.63, 3.8) is 0 Å². The molecule has 0 aromatic heterocycles. The lowest BCUT2D eigenvalue weighted by atomic mass is 10.0. The van der Waals surface area contributed by atoms with Gasteiger partial charge in [0.2, 0.25) is 0 Å². The number of hydrogen-bond donors (Lipinski definition) is 1. The summed E-state index contributed by atoms with van der Waals surface area (Å²) in [5, 5.41) is 11.9. The molecule has 0 bridgehead atoms. The summed E-state index contributed by atoms with van der Waals surface area (Å²) >= 11 is 0. The van der Waals surface area contributed by atoms with Crippen molar-refractivity contribution in [1.29, 1.82) is 5.26 Å². The summed E-state index contributed by atoms with van der Waals surface area (Å²) in [6, 6.07) is 4.18. The van der Waals surface area contributed by atoms with Crippen molar-refractivity contribution in [3.05, 3.63) is 34.9 Å². The van der Waals surface area contributed by atoms with Gasteiger partial charge in [-0.1, -0.05) is 6.92 Å². The van der Waals surface area contributed by atoms with Gasteiger partial charge in [-0.2, -0.15) is 5.26 Å². The largest absolute Gasteiger partial charge is 0.308 e. The summed E-state index contributed by atoms with van der Waals surface area (Å²) in [4.78, 5) is 2.33. The lowest BCUT2D eigenvalue weighted by Gasteiger charge is -2.32. The number of likely N-dealkylation sites (N-methyl/N-ethyl adjacent to an activating group) is 1. The Morgan fingerprint density at radius 3 is 2.70 bits per heavy atom. The molecule has 1 heterocycles. The maximum atomic E-state index is 13.8. The SMILES string of the molecule is CCN1CCCC(NCc2c(F)cc(C#N)cc2F)C1. The number of nitrogens with one attached hydrogen (secondary N) is 1. The van der Waals surface area contributed by atoms with E-state index in [2.05, 4.69) is 17.1 Å². The van der Waals surface area contributed by atoms with Crippen LogP contribution in [-0.4, -0.2) is 30.6 Å². The van der Waals surface area contributed by atoms with Crippen LogP contribution >= 0.6 is 0 Å². The van der Waals surface area contributed by atoms with Crippen LogP contribution in [0.4, 0.5) is 8.78 Å². The lowest BCUT2D eigenvalue weighted by molar-refractivity contribution is 0.198. The Kier molecular flexibility index (Phi) is 5.05.